The van der Waals surface area contributed by atoms with E-state index >= 15 is 0 Å². The van der Waals surface area contributed by atoms with Gasteiger partial charge in [-0.05, 0) is 40.6 Å². The Morgan fingerprint density at radius 1 is 1.25 bits per heavy atom. The lowest BCUT2D eigenvalue weighted by Gasteiger charge is -2.08. The summed E-state index contributed by atoms with van der Waals surface area (Å²) in [5, 5.41) is 14.6. The summed E-state index contributed by atoms with van der Waals surface area (Å²) in [6, 6.07) is 3.78. The van der Waals surface area contributed by atoms with Gasteiger partial charge in [-0.1, -0.05) is 19.9 Å². The molecule has 0 spiro atoms. The Hall–Kier alpha value is -1.89. The summed E-state index contributed by atoms with van der Waals surface area (Å²) < 4.78 is 27.6. The monoisotopic (exact) mass is 281 g/mol. The first-order valence-electron chi connectivity index (χ1n) is 6.46. The van der Waals surface area contributed by atoms with Crippen molar-refractivity contribution in [2.75, 3.05) is 6.54 Å². The van der Waals surface area contributed by atoms with E-state index in [9.17, 15) is 8.78 Å². The van der Waals surface area contributed by atoms with E-state index in [1.165, 1.54) is 6.07 Å². The normalized spacial score (nSPS) is 11.2. The molecule has 2 rings (SSSR count). The fourth-order valence-corrected chi connectivity index (χ4v) is 1.76. The lowest BCUT2D eigenvalue weighted by Crippen LogP contribution is -2.22. The first-order chi connectivity index (χ1) is 9.56. The fraction of sp³-hybridized carbons (Fsp3) is 0.462. The highest BCUT2D eigenvalue weighted by molar-refractivity contribution is 5.18. The Morgan fingerprint density at radius 3 is 2.75 bits per heavy atom. The van der Waals surface area contributed by atoms with Crippen LogP contribution in [0.25, 0.3) is 0 Å². The quantitative estimate of drug-likeness (QED) is 0.876. The van der Waals surface area contributed by atoms with Gasteiger partial charge in [-0.3, -0.25) is 0 Å². The molecule has 1 aromatic heterocycles. The number of rotatable bonds is 6. The third kappa shape index (κ3) is 3.80. The molecule has 0 aliphatic carbocycles. The van der Waals surface area contributed by atoms with Gasteiger partial charge in [0, 0.05) is 0 Å². The van der Waals surface area contributed by atoms with Crippen molar-refractivity contribution in [1.82, 2.24) is 25.5 Å². The smallest absolute Gasteiger partial charge is 0.165 e. The minimum absolute atomic E-state index is 0.308. The summed E-state index contributed by atoms with van der Waals surface area (Å²) in [5.41, 5.74) is 0.612. The Balaban J connectivity index is 2.02. The number of aromatic nitrogens is 4. The molecule has 0 saturated heterocycles. The molecule has 0 radical (unpaired) electrons. The molecular weight excluding hydrogens is 264 g/mol. The average Bonchev–Trinajstić information content (AvgIpc) is 2.81. The molecule has 5 nitrogen and oxygen atoms in total. The lowest BCUT2D eigenvalue weighted by molar-refractivity contribution is 0.502. The van der Waals surface area contributed by atoms with E-state index in [4.69, 9.17) is 0 Å². The molecule has 0 saturated carbocycles. The second kappa shape index (κ2) is 6.51. The van der Waals surface area contributed by atoms with Crippen molar-refractivity contribution in [3.05, 3.63) is 41.2 Å². The zero-order chi connectivity index (χ0) is 14.5. The van der Waals surface area contributed by atoms with E-state index in [2.05, 4.69) is 34.7 Å². The molecule has 0 fully saturated rings. The average molecular weight is 281 g/mol. The minimum atomic E-state index is -0.866. The van der Waals surface area contributed by atoms with E-state index in [1.54, 1.807) is 4.68 Å². The summed E-state index contributed by atoms with van der Waals surface area (Å²) in [5.74, 6) is -0.528. The van der Waals surface area contributed by atoms with Gasteiger partial charge in [0.15, 0.2) is 17.5 Å². The van der Waals surface area contributed by atoms with Crippen LogP contribution in [-0.2, 0) is 13.1 Å². The van der Waals surface area contributed by atoms with Gasteiger partial charge < -0.3 is 5.32 Å². The number of nitrogens with one attached hydrogen (secondary N) is 1. The van der Waals surface area contributed by atoms with Gasteiger partial charge in [0.1, 0.15) is 0 Å². The number of benzene rings is 1. The maximum absolute atomic E-state index is 13.2. The van der Waals surface area contributed by atoms with Crippen LogP contribution in [0.2, 0.25) is 0 Å². The molecule has 20 heavy (non-hydrogen) atoms. The van der Waals surface area contributed by atoms with Gasteiger partial charge in [-0.25, -0.2) is 13.5 Å². The molecule has 1 aromatic carbocycles. The molecule has 1 N–H and O–H groups in total. The summed E-state index contributed by atoms with van der Waals surface area (Å²) in [7, 11) is 0. The second-order valence-corrected chi connectivity index (χ2v) is 5.03. The topological polar surface area (TPSA) is 55.6 Å². The maximum atomic E-state index is 13.2. The summed E-state index contributed by atoms with van der Waals surface area (Å²) in [6.45, 7) is 5.92. The van der Waals surface area contributed by atoms with Gasteiger partial charge in [-0.15, -0.1) is 5.10 Å². The first kappa shape index (κ1) is 14.5. The van der Waals surface area contributed by atoms with Crippen LogP contribution >= 0.6 is 0 Å². The van der Waals surface area contributed by atoms with Crippen molar-refractivity contribution < 1.29 is 8.78 Å². The van der Waals surface area contributed by atoms with Gasteiger partial charge in [0.05, 0.1) is 13.1 Å². The molecule has 0 bridgehead atoms. The highest BCUT2D eigenvalue weighted by Gasteiger charge is 2.08. The highest BCUT2D eigenvalue weighted by atomic mass is 19.2. The van der Waals surface area contributed by atoms with E-state index in [-0.39, 0.29) is 0 Å². The molecular formula is C13H17F2N5. The predicted molar refractivity (Wildman–Crippen MR) is 69.8 cm³/mol. The van der Waals surface area contributed by atoms with Crippen molar-refractivity contribution >= 4 is 0 Å². The van der Waals surface area contributed by atoms with E-state index < -0.39 is 11.6 Å². The number of hydrogen-bond donors (Lipinski definition) is 1. The van der Waals surface area contributed by atoms with Gasteiger partial charge in [-0.2, -0.15) is 0 Å². The molecule has 1 heterocycles. The fourth-order valence-electron chi connectivity index (χ4n) is 1.76. The van der Waals surface area contributed by atoms with Gasteiger partial charge in [0.2, 0.25) is 0 Å². The third-order valence-electron chi connectivity index (χ3n) is 2.76. The van der Waals surface area contributed by atoms with Crippen LogP contribution in [0.5, 0.6) is 0 Å². The minimum Gasteiger partial charge on any atom is -0.310 e. The third-order valence-corrected chi connectivity index (χ3v) is 2.76. The second-order valence-electron chi connectivity index (χ2n) is 5.03. The Labute approximate surface area is 116 Å². The number of hydrogen-bond acceptors (Lipinski definition) is 4. The van der Waals surface area contributed by atoms with Gasteiger partial charge >= 0.3 is 0 Å². The van der Waals surface area contributed by atoms with Crippen molar-refractivity contribution in [1.29, 1.82) is 0 Å². The highest BCUT2D eigenvalue weighted by Crippen LogP contribution is 2.10. The molecule has 0 atom stereocenters. The Bertz CT molecular complexity index is 568. The van der Waals surface area contributed by atoms with E-state index in [1.807, 2.05) is 0 Å². The van der Waals surface area contributed by atoms with E-state index in [0.29, 0.717) is 30.4 Å². The van der Waals surface area contributed by atoms with Crippen LogP contribution in [0.4, 0.5) is 8.78 Å². The van der Waals surface area contributed by atoms with Crippen molar-refractivity contribution in [2.24, 2.45) is 5.92 Å². The summed E-state index contributed by atoms with van der Waals surface area (Å²) in [4.78, 5) is 0. The van der Waals surface area contributed by atoms with Crippen LogP contribution in [0.15, 0.2) is 18.2 Å². The zero-order valence-electron chi connectivity index (χ0n) is 11.5. The molecule has 2 aromatic rings. The lowest BCUT2D eigenvalue weighted by atomic mass is 10.2. The first-order valence-corrected chi connectivity index (χ1v) is 6.46. The van der Waals surface area contributed by atoms with Crippen molar-refractivity contribution in [2.45, 2.75) is 26.9 Å². The number of halogens is 2. The standard InChI is InChI=1S/C13H17F2N5/c1-9(2)6-16-7-13-17-18-19-20(13)8-10-3-4-11(14)12(15)5-10/h3-5,9,16H,6-8H2,1-2H3. The van der Waals surface area contributed by atoms with Gasteiger partial charge in [0.25, 0.3) is 0 Å². The van der Waals surface area contributed by atoms with Crippen molar-refractivity contribution in [3.63, 3.8) is 0 Å². The van der Waals surface area contributed by atoms with Crippen LogP contribution < -0.4 is 5.32 Å². The largest absolute Gasteiger partial charge is 0.310 e. The molecule has 0 unspecified atom stereocenters. The zero-order valence-corrected chi connectivity index (χ0v) is 11.5. The number of nitrogens with zero attached hydrogens (tertiary/aromatic N) is 4. The van der Waals surface area contributed by atoms with Crippen LogP contribution in [0.3, 0.4) is 0 Å². The molecule has 7 heteroatoms. The van der Waals surface area contributed by atoms with Crippen LogP contribution in [0, 0.1) is 17.6 Å². The van der Waals surface area contributed by atoms with Crippen LogP contribution in [-0.4, -0.2) is 26.8 Å². The summed E-state index contributed by atoms with van der Waals surface area (Å²) in [6.07, 6.45) is 0. The summed E-state index contributed by atoms with van der Waals surface area (Å²) >= 11 is 0. The maximum Gasteiger partial charge on any atom is 0.165 e. The van der Waals surface area contributed by atoms with Crippen molar-refractivity contribution in [3.8, 4) is 0 Å². The SMILES string of the molecule is CC(C)CNCc1nnnn1Cc1ccc(F)c(F)c1. The molecule has 0 aliphatic rings. The molecule has 0 aliphatic heterocycles. The predicted octanol–water partition coefficient (Wildman–Crippen LogP) is 1.75. The molecule has 0 amide bonds. The van der Waals surface area contributed by atoms with E-state index in [0.717, 1.165) is 18.7 Å². The Kier molecular flexibility index (Phi) is 4.73. The Morgan fingerprint density at radius 2 is 2.05 bits per heavy atom. The van der Waals surface area contributed by atoms with Crippen LogP contribution in [0.1, 0.15) is 25.2 Å². The number of tetrazole rings is 1. The molecule has 108 valence electrons.